The molecule has 2 aromatic carbocycles. The van der Waals surface area contributed by atoms with Crippen LogP contribution in [0.25, 0.3) is 10.8 Å². The fourth-order valence-corrected chi connectivity index (χ4v) is 3.69. The summed E-state index contributed by atoms with van der Waals surface area (Å²) in [6.45, 7) is 5.21. The van der Waals surface area contributed by atoms with Gasteiger partial charge in [0.2, 0.25) is 0 Å². The predicted molar refractivity (Wildman–Crippen MR) is 114 cm³/mol. The third kappa shape index (κ3) is 4.92. The van der Waals surface area contributed by atoms with Gasteiger partial charge in [-0.05, 0) is 66.6 Å². The number of piperidine rings is 1. The number of benzene rings is 2. The lowest BCUT2D eigenvalue weighted by Crippen LogP contribution is -2.37. The molecule has 1 fully saturated rings. The van der Waals surface area contributed by atoms with Gasteiger partial charge in [0.15, 0.2) is 0 Å². The van der Waals surface area contributed by atoms with Crippen LogP contribution in [0.15, 0.2) is 54.9 Å². The molecular formula is C22H24Cl2N2O. The zero-order chi connectivity index (χ0) is 17.9. The number of aryl methyl sites for hydroxylation is 1. The molecule has 142 valence electrons. The van der Waals surface area contributed by atoms with Crippen LogP contribution in [-0.4, -0.2) is 29.1 Å². The van der Waals surface area contributed by atoms with Crippen molar-refractivity contribution in [3.63, 3.8) is 0 Å². The molecule has 0 unspecified atom stereocenters. The molecule has 4 rings (SSSR count). The van der Waals surface area contributed by atoms with Crippen LogP contribution in [0.4, 0.5) is 0 Å². The Hall–Kier alpha value is -1.81. The third-order valence-corrected chi connectivity index (χ3v) is 5.33. The van der Waals surface area contributed by atoms with Gasteiger partial charge in [-0.3, -0.25) is 9.88 Å². The molecule has 0 amide bonds. The minimum atomic E-state index is 0. The molecular weight excluding hydrogens is 379 g/mol. The summed E-state index contributed by atoms with van der Waals surface area (Å²) in [5.74, 6) is 1.000. The van der Waals surface area contributed by atoms with E-state index in [9.17, 15) is 0 Å². The SMILES string of the molecule is Cc1cc2cnccc2cc1OC1CCN(Cc2ccc(Cl)cc2)CC1.Cl. The van der Waals surface area contributed by atoms with Gasteiger partial charge in [0, 0.05) is 42.4 Å². The molecule has 0 saturated carbocycles. The lowest BCUT2D eigenvalue weighted by Gasteiger charge is -2.32. The van der Waals surface area contributed by atoms with Gasteiger partial charge in [0.05, 0.1) is 0 Å². The maximum Gasteiger partial charge on any atom is 0.123 e. The molecule has 0 N–H and O–H groups in total. The van der Waals surface area contributed by atoms with Gasteiger partial charge in [0.25, 0.3) is 0 Å². The fraction of sp³-hybridized carbons (Fsp3) is 0.318. The standard InChI is InChI=1S/C22H23ClN2O.ClH/c1-16-12-19-14-24-9-6-18(19)13-22(16)26-21-7-10-25(11-8-21)15-17-2-4-20(23)5-3-17;/h2-6,9,12-14,21H,7-8,10-11,15H2,1H3;1H. The summed E-state index contributed by atoms with van der Waals surface area (Å²) >= 11 is 5.97. The molecule has 27 heavy (non-hydrogen) atoms. The Balaban J connectivity index is 0.00000210. The average molecular weight is 403 g/mol. The van der Waals surface area contributed by atoms with E-state index in [-0.39, 0.29) is 18.5 Å². The molecule has 1 aliphatic rings. The van der Waals surface area contributed by atoms with E-state index in [1.54, 1.807) is 0 Å². The maximum absolute atomic E-state index is 6.34. The van der Waals surface area contributed by atoms with Crippen molar-refractivity contribution in [2.24, 2.45) is 0 Å². The van der Waals surface area contributed by atoms with Gasteiger partial charge in [-0.25, -0.2) is 0 Å². The summed E-state index contributed by atoms with van der Waals surface area (Å²) in [5.41, 5.74) is 2.49. The first-order valence-corrected chi connectivity index (χ1v) is 9.53. The molecule has 5 heteroatoms. The van der Waals surface area contributed by atoms with Crippen LogP contribution >= 0.6 is 24.0 Å². The molecule has 0 atom stereocenters. The van der Waals surface area contributed by atoms with Crippen LogP contribution in [0.3, 0.4) is 0 Å². The normalized spacial score (nSPS) is 15.5. The smallest absolute Gasteiger partial charge is 0.123 e. The number of nitrogens with zero attached hydrogens (tertiary/aromatic N) is 2. The van der Waals surface area contributed by atoms with E-state index in [1.165, 1.54) is 16.5 Å². The van der Waals surface area contributed by atoms with Crippen LogP contribution in [0.5, 0.6) is 5.75 Å². The van der Waals surface area contributed by atoms with Crippen molar-refractivity contribution >= 4 is 34.8 Å². The number of fused-ring (bicyclic) bond motifs is 1. The summed E-state index contributed by atoms with van der Waals surface area (Å²) in [5, 5.41) is 3.14. The van der Waals surface area contributed by atoms with Crippen LogP contribution in [0.1, 0.15) is 24.0 Å². The largest absolute Gasteiger partial charge is 0.490 e. The number of halogens is 2. The van der Waals surface area contributed by atoms with E-state index in [2.05, 4.69) is 41.1 Å². The maximum atomic E-state index is 6.34. The second-order valence-electron chi connectivity index (χ2n) is 7.06. The molecule has 1 saturated heterocycles. The monoisotopic (exact) mass is 402 g/mol. The Bertz CT molecular complexity index is 890. The van der Waals surface area contributed by atoms with Gasteiger partial charge in [0.1, 0.15) is 11.9 Å². The number of likely N-dealkylation sites (tertiary alicyclic amines) is 1. The van der Waals surface area contributed by atoms with Crippen molar-refractivity contribution in [3.05, 3.63) is 71.0 Å². The Labute approximate surface area is 171 Å². The molecule has 0 radical (unpaired) electrons. The van der Waals surface area contributed by atoms with Gasteiger partial charge in [-0.1, -0.05) is 23.7 Å². The zero-order valence-corrected chi connectivity index (χ0v) is 17.0. The predicted octanol–water partition coefficient (Wildman–Crippen LogP) is 5.66. The second-order valence-corrected chi connectivity index (χ2v) is 7.50. The number of pyridine rings is 1. The van der Waals surface area contributed by atoms with Gasteiger partial charge < -0.3 is 4.74 Å². The third-order valence-electron chi connectivity index (χ3n) is 5.08. The summed E-state index contributed by atoms with van der Waals surface area (Å²) in [6, 6.07) is 14.5. The summed E-state index contributed by atoms with van der Waals surface area (Å²) < 4.78 is 6.34. The number of hydrogen-bond donors (Lipinski definition) is 0. The van der Waals surface area contributed by atoms with Crippen LogP contribution in [0.2, 0.25) is 5.02 Å². The summed E-state index contributed by atoms with van der Waals surface area (Å²) in [7, 11) is 0. The van der Waals surface area contributed by atoms with Crippen molar-refractivity contribution in [1.82, 2.24) is 9.88 Å². The van der Waals surface area contributed by atoms with Crippen molar-refractivity contribution in [3.8, 4) is 5.75 Å². The van der Waals surface area contributed by atoms with Gasteiger partial charge >= 0.3 is 0 Å². The first-order chi connectivity index (χ1) is 12.7. The average Bonchev–Trinajstić information content (AvgIpc) is 2.66. The molecule has 1 aromatic heterocycles. The highest BCUT2D eigenvalue weighted by molar-refractivity contribution is 6.30. The first kappa shape index (κ1) is 19.9. The highest BCUT2D eigenvalue weighted by Gasteiger charge is 2.21. The fourth-order valence-electron chi connectivity index (χ4n) is 3.57. The van der Waals surface area contributed by atoms with Crippen molar-refractivity contribution in [2.75, 3.05) is 13.1 Å². The van der Waals surface area contributed by atoms with E-state index in [0.29, 0.717) is 0 Å². The minimum absolute atomic E-state index is 0. The van der Waals surface area contributed by atoms with Crippen molar-refractivity contribution in [1.29, 1.82) is 0 Å². The number of hydrogen-bond acceptors (Lipinski definition) is 3. The zero-order valence-electron chi connectivity index (χ0n) is 15.4. The Morgan fingerprint density at radius 2 is 1.81 bits per heavy atom. The minimum Gasteiger partial charge on any atom is -0.490 e. The Morgan fingerprint density at radius 3 is 2.56 bits per heavy atom. The lowest BCUT2D eigenvalue weighted by atomic mass is 10.1. The second kappa shape index (κ2) is 8.92. The topological polar surface area (TPSA) is 25.4 Å². The van der Waals surface area contributed by atoms with Crippen molar-refractivity contribution < 1.29 is 4.74 Å². The van der Waals surface area contributed by atoms with E-state index in [0.717, 1.165) is 48.6 Å². The van der Waals surface area contributed by atoms with Gasteiger partial charge in [-0.15, -0.1) is 12.4 Å². The van der Waals surface area contributed by atoms with E-state index >= 15 is 0 Å². The molecule has 3 aromatic rings. The highest BCUT2D eigenvalue weighted by Crippen LogP contribution is 2.28. The molecule has 0 spiro atoms. The summed E-state index contributed by atoms with van der Waals surface area (Å²) in [6.07, 6.45) is 6.13. The molecule has 0 aliphatic carbocycles. The number of ether oxygens (including phenoxy) is 1. The lowest BCUT2D eigenvalue weighted by molar-refractivity contribution is 0.0964. The van der Waals surface area contributed by atoms with Crippen molar-refractivity contribution in [2.45, 2.75) is 32.4 Å². The van der Waals surface area contributed by atoms with Gasteiger partial charge in [-0.2, -0.15) is 0 Å². The molecule has 2 heterocycles. The van der Waals surface area contributed by atoms with Crippen LogP contribution in [0, 0.1) is 6.92 Å². The van der Waals surface area contributed by atoms with E-state index < -0.39 is 0 Å². The van der Waals surface area contributed by atoms with Crippen LogP contribution in [-0.2, 0) is 6.54 Å². The van der Waals surface area contributed by atoms with E-state index in [1.807, 2.05) is 30.6 Å². The first-order valence-electron chi connectivity index (χ1n) is 9.15. The Kier molecular flexibility index (Phi) is 6.59. The van der Waals surface area contributed by atoms with Crippen LogP contribution < -0.4 is 4.74 Å². The molecule has 0 bridgehead atoms. The quantitative estimate of drug-likeness (QED) is 0.562. The number of aromatic nitrogens is 1. The summed E-state index contributed by atoms with van der Waals surface area (Å²) in [4.78, 5) is 6.68. The highest BCUT2D eigenvalue weighted by atomic mass is 35.5. The Morgan fingerprint density at radius 1 is 1.07 bits per heavy atom. The number of rotatable bonds is 4. The molecule has 3 nitrogen and oxygen atoms in total. The molecule has 1 aliphatic heterocycles. The van der Waals surface area contributed by atoms with E-state index in [4.69, 9.17) is 16.3 Å².